The number of nitrogens with zero attached hydrogens (tertiary/aromatic N) is 2. The zero-order valence-electron chi connectivity index (χ0n) is 14.2. The van der Waals surface area contributed by atoms with Crippen LogP contribution in [-0.2, 0) is 4.79 Å². The van der Waals surface area contributed by atoms with Crippen LogP contribution in [0.15, 0.2) is 12.4 Å². The Labute approximate surface area is 146 Å². The molecule has 4 rings (SSSR count). The lowest BCUT2D eigenvalue weighted by Crippen LogP contribution is -2.42. The normalized spacial score (nSPS) is 26.7. The van der Waals surface area contributed by atoms with Crippen molar-refractivity contribution in [2.75, 3.05) is 11.9 Å². The number of carbonyl (C=O) groups is 1. The van der Waals surface area contributed by atoms with Crippen LogP contribution in [0.5, 0.6) is 0 Å². The molecule has 0 saturated heterocycles. The summed E-state index contributed by atoms with van der Waals surface area (Å²) in [5.74, 6) is 3.19. The van der Waals surface area contributed by atoms with Crippen molar-refractivity contribution >= 4 is 33.3 Å². The van der Waals surface area contributed by atoms with E-state index in [1.54, 1.807) is 17.7 Å². The van der Waals surface area contributed by atoms with Gasteiger partial charge in [-0.3, -0.25) is 4.79 Å². The van der Waals surface area contributed by atoms with E-state index in [1.807, 2.05) is 0 Å². The molecule has 0 aliphatic heterocycles. The average Bonchev–Trinajstić information content (AvgIpc) is 3.26. The van der Waals surface area contributed by atoms with Crippen molar-refractivity contribution in [2.45, 2.75) is 45.6 Å². The Morgan fingerprint density at radius 1 is 1.38 bits per heavy atom. The second-order valence-corrected chi connectivity index (χ2v) is 8.58. The lowest BCUT2D eigenvalue weighted by atomic mass is 9.84. The summed E-state index contributed by atoms with van der Waals surface area (Å²) in [5.41, 5.74) is 0. The number of fused-ring (bicyclic) bond motifs is 3. The molecule has 4 atom stereocenters. The first-order valence-corrected chi connectivity index (χ1v) is 9.66. The molecule has 2 bridgehead atoms. The monoisotopic (exact) mass is 344 g/mol. The van der Waals surface area contributed by atoms with E-state index in [0.29, 0.717) is 5.92 Å². The maximum atomic E-state index is 12.3. The van der Waals surface area contributed by atoms with Crippen LogP contribution in [-0.4, -0.2) is 28.5 Å². The summed E-state index contributed by atoms with van der Waals surface area (Å²) in [4.78, 5) is 23.0. The highest BCUT2D eigenvalue weighted by molar-refractivity contribution is 7.18. The van der Waals surface area contributed by atoms with E-state index in [2.05, 4.69) is 40.5 Å². The molecule has 2 N–H and O–H groups in total. The van der Waals surface area contributed by atoms with E-state index in [0.717, 1.165) is 27.9 Å². The number of anilines is 1. The van der Waals surface area contributed by atoms with E-state index in [9.17, 15) is 4.79 Å². The number of aromatic nitrogens is 2. The highest BCUT2D eigenvalue weighted by atomic mass is 32.1. The van der Waals surface area contributed by atoms with Gasteiger partial charge in [-0.15, -0.1) is 11.3 Å². The van der Waals surface area contributed by atoms with Gasteiger partial charge in [0.15, 0.2) is 0 Å². The fraction of sp³-hybridized carbons (Fsp3) is 0.611. The van der Waals surface area contributed by atoms with Crippen LogP contribution in [0.1, 0.15) is 37.5 Å². The first-order valence-electron chi connectivity index (χ1n) is 8.84. The van der Waals surface area contributed by atoms with Crippen LogP contribution in [0.3, 0.4) is 0 Å². The lowest BCUT2D eigenvalue weighted by molar-refractivity contribution is -0.120. The summed E-state index contributed by atoms with van der Waals surface area (Å²) >= 11 is 1.64. The summed E-state index contributed by atoms with van der Waals surface area (Å²) in [6.45, 7) is 4.47. The molecule has 2 fully saturated rings. The Morgan fingerprint density at radius 3 is 3.00 bits per heavy atom. The molecule has 6 heteroatoms. The van der Waals surface area contributed by atoms with Crippen molar-refractivity contribution in [3.63, 3.8) is 0 Å². The molecule has 5 nitrogen and oxygen atoms in total. The smallest absolute Gasteiger partial charge is 0.239 e. The molecule has 2 heterocycles. The molecule has 24 heavy (non-hydrogen) atoms. The molecule has 0 spiro atoms. The van der Waals surface area contributed by atoms with Gasteiger partial charge in [0, 0.05) is 10.9 Å². The molecule has 128 valence electrons. The fourth-order valence-corrected chi connectivity index (χ4v) is 5.45. The van der Waals surface area contributed by atoms with E-state index >= 15 is 0 Å². The summed E-state index contributed by atoms with van der Waals surface area (Å²) in [6, 6.07) is 2.33. The quantitative estimate of drug-likeness (QED) is 0.873. The van der Waals surface area contributed by atoms with Gasteiger partial charge in [-0.2, -0.15) is 0 Å². The van der Waals surface area contributed by atoms with Gasteiger partial charge in [0.25, 0.3) is 0 Å². The van der Waals surface area contributed by atoms with Crippen molar-refractivity contribution < 1.29 is 4.79 Å². The molecule has 2 aliphatic rings. The second kappa shape index (κ2) is 6.31. The van der Waals surface area contributed by atoms with Crippen LogP contribution in [0.25, 0.3) is 10.2 Å². The predicted molar refractivity (Wildman–Crippen MR) is 97.2 cm³/mol. The van der Waals surface area contributed by atoms with E-state index in [1.165, 1.54) is 30.6 Å². The highest BCUT2D eigenvalue weighted by Crippen LogP contribution is 2.49. The minimum absolute atomic E-state index is 0.0454. The lowest BCUT2D eigenvalue weighted by Gasteiger charge is -2.28. The molecule has 4 unspecified atom stereocenters. The van der Waals surface area contributed by atoms with Gasteiger partial charge in [-0.05, 0) is 56.9 Å². The zero-order valence-corrected chi connectivity index (χ0v) is 15.0. The van der Waals surface area contributed by atoms with Crippen LogP contribution < -0.4 is 10.6 Å². The topological polar surface area (TPSA) is 66.9 Å². The largest absolute Gasteiger partial charge is 0.360 e. The molecule has 2 aliphatic carbocycles. The number of aryl methyl sites for hydroxylation is 1. The number of thiophene rings is 1. The van der Waals surface area contributed by atoms with Gasteiger partial charge < -0.3 is 10.6 Å². The number of amides is 1. The van der Waals surface area contributed by atoms with Crippen molar-refractivity contribution in [1.29, 1.82) is 0 Å². The van der Waals surface area contributed by atoms with E-state index in [-0.39, 0.29) is 18.5 Å². The molecular weight excluding hydrogens is 320 g/mol. The minimum Gasteiger partial charge on any atom is -0.360 e. The molecular formula is C18H24N4OS. The second-order valence-electron chi connectivity index (χ2n) is 7.35. The third-order valence-electron chi connectivity index (χ3n) is 5.69. The average molecular weight is 344 g/mol. The molecule has 0 radical (unpaired) electrons. The maximum absolute atomic E-state index is 12.3. The van der Waals surface area contributed by atoms with Crippen molar-refractivity contribution in [1.82, 2.24) is 15.3 Å². The van der Waals surface area contributed by atoms with Crippen molar-refractivity contribution in [3.8, 4) is 0 Å². The van der Waals surface area contributed by atoms with Crippen LogP contribution in [0.4, 0.5) is 5.82 Å². The third kappa shape index (κ3) is 2.99. The summed E-state index contributed by atoms with van der Waals surface area (Å²) < 4.78 is 0. The zero-order chi connectivity index (χ0) is 16.7. The molecule has 2 aromatic heterocycles. The van der Waals surface area contributed by atoms with Crippen LogP contribution in [0.2, 0.25) is 0 Å². The van der Waals surface area contributed by atoms with Gasteiger partial charge >= 0.3 is 0 Å². The van der Waals surface area contributed by atoms with E-state index in [4.69, 9.17) is 0 Å². The Morgan fingerprint density at radius 2 is 2.25 bits per heavy atom. The van der Waals surface area contributed by atoms with Gasteiger partial charge in [0.1, 0.15) is 17.0 Å². The number of carbonyl (C=O) groups excluding carboxylic acids is 1. The number of hydrogen-bond donors (Lipinski definition) is 2. The minimum atomic E-state index is 0.0454. The first kappa shape index (κ1) is 15.8. The Hall–Kier alpha value is -1.69. The number of rotatable bonds is 5. The standard InChI is InChI=1S/C18H24N4OS/c1-10-5-15-17(20-9-21-18(15)24-10)19-8-16(23)22-11(2)14-7-12-3-4-13(14)6-12/h5,9,11-14H,3-4,6-8H2,1-2H3,(H,22,23)(H,19,20,21). The maximum Gasteiger partial charge on any atom is 0.239 e. The number of hydrogen-bond acceptors (Lipinski definition) is 5. The van der Waals surface area contributed by atoms with E-state index < -0.39 is 0 Å². The molecule has 2 aromatic rings. The van der Waals surface area contributed by atoms with Gasteiger partial charge in [0.2, 0.25) is 5.91 Å². The fourth-order valence-electron chi connectivity index (χ4n) is 4.60. The van der Waals surface area contributed by atoms with Gasteiger partial charge in [-0.1, -0.05) is 6.42 Å². The third-order valence-corrected chi connectivity index (χ3v) is 6.65. The van der Waals surface area contributed by atoms with Gasteiger partial charge in [-0.25, -0.2) is 9.97 Å². The van der Waals surface area contributed by atoms with Crippen LogP contribution >= 0.6 is 11.3 Å². The Bertz CT molecular complexity index is 759. The molecule has 2 saturated carbocycles. The van der Waals surface area contributed by atoms with Crippen molar-refractivity contribution in [3.05, 3.63) is 17.3 Å². The molecule has 1 amide bonds. The summed E-state index contributed by atoms with van der Waals surface area (Å²) in [5, 5.41) is 7.36. The Balaban J connectivity index is 1.34. The number of nitrogens with one attached hydrogen (secondary N) is 2. The van der Waals surface area contributed by atoms with Crippen LogP contribution in [0, 0.1) is 24.7 Å². The van der Waals surface area contributed by atoms with Crippen molar-refractivity contribution in [2.24, 2.45) is 17.8 Å². The van der Waals surface area contributed by atoms with Gasteiger partial charge in [0.05, 0.1) is 11.9 Å². The summed E-state index contributed by atoms with van der Waals surface area (Å²) in [7, 11) is 0. The Kier molecular flexibility index (Phi) is 4.16. The molecule has 0 aromatic carbocycles. The first-order chi connectivity index (χ1) is 11.6. The predicted octanol–water partition coefficient (Wildman–Crippen LogP) is 3.35. The highest BCUT2D eigenvalue weighted by Gasteiger charge is 2.42. The summed E-state index contributed by atoms with van der Waals surface area (Å²) in [6.07, 6.45) is 6.97. The SMILES string of the molecule is Cc1cc2c(NCC(=O)NC(C)C3CC4CCC3C4)ncnc2s1.